The molecule has 1 amide bonds. The summed E-state index contributed by atoms with van der Waals surface area (Å²) in [5.41, 5.74) is 3.48. The zero-order valence-corrected chi connectivity index (χ0v) is 19.5. The Morgan fingerprint density at radius 2 is 1.82 bits per heavy atom. The zero-order valence-electron chi connectivity index (χ0n) is 18.7. The number of aromatic carboxylic acids is 1. The van der Waals surface area contributed by atoms with Crippen molar-refractivity contribution in [2.75, 3.05) is 4.90 Å². The van der Waals surface area contributed by atoms with Crippen molar-refractivity contribution < 1.29 is 19.2 Å². The van der Waals surface area contributed by atoms with Crippen molar-refractivity contribution in [3.8, 4) is 22.5 Å². The molecule has 0 aliphatic carbocycles. The number of carboxylic acids is 1. The highest BCUT2D eigenvalue weighted by Crippen LogP contribution is 2.34. The van der Waals surface area contributed by atoms with Crippen LogP contribution in [0.5, 0.6) is 0 Å². The number of nitrogens with zero attached hydrogens (tertiary/aromatic N) is 2. The first-order valence-corrected chi connectivity index (χ1v) is 11.6. The summed E-state index contributed by atoms with van der Waals surface area (Å²) in [7, 11) is 0. The number of H-pyrrole nitrogens is 1. The van der Waals surface area contributed by atoms with Crippen molar-refractivity contribution in [1.82, 2.24) is 10.1 Å². The maximum atomic E-state index is 12.9. The first kappa shape index (κ1) is 23.2. The molecule has 0 spiro atoms. The van der Waals surface area contributed by atoms with Gasteiger partial charge in [0.15, 0.2) is 5.82 Å². The standard InChI is InChI=1S/C25H23N3O5S/c1-3-6-21(29)28(23-20(24(30)31)13-15(2)34-23)14-16-9-11-17(12-10-16)18-7-4-5-8-19(18)22-26-25(32)33-27-22/h4-5,7-13H,3,6,14H2,1-2H3,(H,30,31)(H,26,27,32). The van der Waals surface area contributed by atoms with Crippen LogP contribution >= 0.6 is 11.3 Å². The minimum atomic E-state index is -1.05. The van der Waals surface area contributed by atoms with Gasteiger partial charge in [-0.25, -0.2) is 9.59 Å². The predicted molar refractivity (Wildman–Crippen MR) is 130 cm³/mol. The minimum absolute atomic E-state index is 0.115. The summed E-state index contributed by atoms with van der Waals surface area (Å²) in [6, 6.07) is 16.8. The molecule has 9 heteroatoms. The van der Waals surface area contributed by atoms with Crippen LogP contribution < -0.4 is 10.7 Å². The van der Waals surface area contributed by atoms with Gasteiger partial charge >= 0.3 is 11.7 Å². The lowest BCUT2D eigenvalue weighted by molar-refractivity contribution is -0.118. The average Bonchev–Trinajstić information content (AvgIpc) is 3.43. The number of aryl methyl sites for hydroxylation is 1. The number of rotatable bonds is 8. The summed E-state index contributed by atoms with van der Waals surface area (Å²) in [4.78, 5) is 42.3. The van der Waals surface area contributed by atoms with Gasteiger partial charge in [-0.3, -0.25) is 9.69 Å². The van der Waals surface area contributed by atoms with E-state index in [0.29, 0.717) is 23.7 Å². The van der Waals surface area contributed by atoms with Crippen LogP contribution in [0.4, 0.5) is 5.00 Å². The van der Waals surface area contributed by atoms with Crippen LogP contribution in [0.25, 0.3) is 22.5 Å². The predicted octanol–water partition coefficient (Wildman–Crippen LogP) is 5.10. The van der Waals surface area contributed by atoms with E-state index in [-0.39, 0.29) is 18.0 Å². The number of amides is 1. The van der Waals surface area contributed by atoms with Crippen LogP contribution in [0.1, 0.15) is 40.6 Å². The van der Waals surface area contributed by atoms with Gasteiger partial charge < -0.3 is 9.63 Å². The first-order valence-electron chi connectivity index (χ1n) is 10.8. The number of nitrogens with one attached hydrogen (secondary N) is 1. The molecule has 0 atom stereocenters. The Bertz CT molecular complexity index is 1380. The molecule has 2 aromatic heterocycles. The third-order valence-corrected chi connectivity index (χ3v) is 6.38. The molecule has 0 radical (unpaired) electrons. The summed E-state index contributed by atoms with van der Waals surface area (Å²) < 4.78 is 4.72. The second-order valence-corrected chi connectivity index (χ2v) is 9.02. The Kier molecular flexibility index (Phi) is 6.74. The van der Waals surface area contributed by atoms with Crippen molar-refractivity contribution in [2.45, 2.75) is 33.2 Å². The van der Waals surface area contributed by atoms with Crippen LogP contribution in [0, 0.1) is 6.92 Å². The monoisotopic (exact) mass is 477 g/mol. The smallest absolute Gasteiger partial charge is 0.460 e. The molecule has 0 aliphatic heterocycles. The second-order valence-electron chi connectivity index (χ2n) is 7.78. The van der Waals surface area contributed by atoms with Gasteiger partial charge in [-0.05, 0) is 36.1 Å². The summed E-state index contributed by atoms with van der Waals surface area (Å²) in [5, 5.41) is 12.6. The van der Waals surface area contributed by atoms with Crippen LogP contribution in [0.3, 0.4) is 0 Å². The number of thiophene rings is 1. The molecule has 4 rings (SSSR count). The van der Waals surface area contributed by atoms with E-state index < -0.39 is 11.7 Å². The lowest BCUT2D eigenvalue weighted by Gasteiger charge is -2.22. The number of hydrogen-bond acceptors (Lipinski definition) is 6. The van der Waals surface area contributed by atoms with Gasteiger partial charge in [0.05, 0.1) is 12.1 Å². The molecule has 0 unspecified atom stereocenters. The van der Waals surface area contributed by atoms with Gasteiger partial charge in [-0.1, -0.05) is 55.5 Å². The lowest BCUT2D eigenvalue weighted by Crippen LogP contribution is -2.30. The molecule has 8 nitrogen and oxygen atoms in total. The summed E-state index contributed by atoms with van der Waals surface area (Å²) in [5.74, 6) is -1.51. The van der Waals surface area contributed by atoms with E-state index in [1.807, 2.05) is 62.4 Å². The number of aromatic nitrogens is 2. The van der Waals surface area contributed by atoms with Crippen LogP contribution in [-0.4, -0.2) is 27.1 Å². The SMILES string of the molecule is CCCC(=O)N(Cc1ccc(-c2ccccc2-c2nc(=O)o[nH]2)cc1)c1sc(C)cc1C(=O)O. The number of carbonyl (C=O) groups is 2. The summed E-state index contributed by atoms with van der Waals surface area (Å²) in [6.07, 6.45) is 0.999. The Hall–Kier alpha value is -3.98. The molecule has 2 aromatic carbocycles. The van der Waals surface area contributed by atoms with E-state index in [9.17, 15) is 19.5 Å². The highest BCUT2D eigenvalue weighted by molar-refractivity contribution is 7.16. The number of carboxylic acid groups (broad SMARTS) is 1. The van der Waals surface area contributed by atoms with Crippen molar-refractivity contribution in [1.29, 1.82) is 0 Å². The van der Waals surface area contributed by atoms with Crippen molar-refractivity contribution in [2.24, 2.45) is 0 Å². The van der Waals surface area contributed by atoms with Crippen LogP contribution in [-0.2, 0) is 11.3 Å². The third-order valence-electron chi connectivity index (χ3n) is 5.30. The fraction of sp³-hybridized carbons (Fsp3) is 0.200. The highest BCUT2D eigenvalue weighted by atomic mass is 32.1. The molecule has 34 heavy (non-hydrogen) atoms. The maximum Gasteiger partial charge on any atom is 0.460 e. The fourth-order valence-electron chi connectivity index (χ4n) is 3.74. The van der Waals surface area contributed by atoms with Crippen LogP contribution in [0.2, 0.25) is 0 Å². The first-order chi connectivity index (χ1) is 16.4. The summed E-state index contributed by atoms with van der Waals surface area (Å²) in [6.45, 7) is 4.01. The van der Waals surface area contributed by atoms with Gasteiger partial charge in [0.25, 0.3) is 0 Å². The van der Waals surface area contributed by atoms with Gasteiger partial charge in [0.1, 0.15) is 5.00 Å². The number of carbonyl (C=O) groups excluding carboxylic acids is 1. The number of anilines is 1. The van der Waals surface area contributed by atoms with E-state index in [0.717, 1.165) is 27.1 Å². The van der Waals surface area contributed by atoms with E-state index >= 15 is 0 Å². The lowest BCUT2D eigenvalue weighted by atomic mass is 9.98. The van der Waals surface area contributed by atoms with E-state index in [2.05, 4.69) is 10.1 Å². The Morgan fingerprint density at radius 1 is 1.12 bits per heavy atom. The Morgan fingerprint density at radius 3 is 2.44 bits per heavy atom. The van der Waals surface area contributed by atoms with Crippen molar-refractivity contribution >= 4 is 28.2 Å². The van der Waals surface area contributed by atoms with Crippen LogP contribution in [0.15, 0.2) is 63.9 Å². The largest absolute Gasteiger partial charge is 0.478 e. The van der Waals surface area contributed by atoms with Gasteiger partial charge in [-0.2, -0.15) is 10.1 Å². The summed E-state index contributed by atoms with van der Waals surface area (Å²) >= 11 is 1.31. The van der Waals surface area contributed by atoms with E-state index in [1.54, 1.807) is 11.0 Å². The van der Waals surface area contributed by atoms with E-state index in [1.165, 1.54) is 11.3 Å². The molecule has 0 fully saturated rings. The van der Waals surface area contributed by atoms with E-state index in [4.69, 9.17) is 4.52 Å². The van der Waals surface area contributed by atoms with Gasteiger partial charge in [0.2, 0.25) is 5.91 Å². The highest BCUT2D eigenvalue weighted by Gasteiger charge is 2.24. The van der Waals surface area contributed by atoms with Gasteiger partial charge in [-0.15, -0.1) is 11.3 Å². The maximum absolute atomic E-state index is 12.9. The number of benzene rings is 2. The molecule has 0 saturated carbocycles. The normalized spacial score (nSPS) is 10.9. The van der Waals surface area contributed by atoms with Crippen molar-refractivity contribution in [3.63, 3.8) is 0 Å². The molecular weight excluding hydrogens is 454 g/mol. The molecular formula is C25H23N3O5S. The number of hydrogen-bond donors (Lipinski definition) is 2. The molecule has 0 saturated heterocycles. The zero-order chi connectivity index (χ0) is 24.2. The Labute approximate surface area is 199 Å². The third kappa shape index (κ3) is 4.84. The quantitative estimate of drug-likeness (QED) is 0.365. The molecule has 174 valence electrons. The fourth-order valence-corrected chi connectivity index (χ4v) is 4.75. The molecule has 0 bridgehead atoms. The Balaban J connectivity index is 1.66. The molecule has 0 aliphatic rings. The van der Waals surface area contributed by atoms with Crippen molar-refractivity contribution in [3.05, 3.63) is 81.2 Å². The molecule has 4 aromatic rings. The molecule has 2 N–H and O–H groups in total. The topological polar surface area (TPSA) is 117 Å². The second kappa shape index (κ2) is 9.88. The minimum Gasteiger partial charge on any atom is -0.478 e. The average molecular weight is 478 g/mol. The molecule has 2 heterocycles. The number of aromatic amines is 1. The van der Waals surface area contributed by atoms with Gasteiger partial charge in [0, 0.05) is 16.9 Å².